The molecule has 0 bridgehead atoms. The van der Waals surface area contributed by atoms with Crippen molar-refractivity contribution < 1.29 is 21.6 Å². The average molecular weight is 578 g/mol. The molecule has 0 saturated heterocycles. The van der Waals surface area contributed by atoms with E-state index in [-0.39, 0.29) is 11.4 Å². The maximum atomic E-state index is 12.8. The maximum absolute atomic E-state index is 12.8. The van der Waals surface area contributed by atoms with Crippen LogP contribution in [0, 0.1) is 0 Å². The predicted molar refractivity (Wildman–Crippen MR) is 133 cm³/mol. The minimum absolute atomic E-state index is 0.198. The molecule has 0 aliphatic rings. The summed E-state index contributed by atoms with van der Waals surface area (Å²) in [7, 11) is -4.10. The van der Waals surface area contributed by atoms with Gasteiger partial charge in [0.15, 0.2) is 0 Å². The topological polar surface area (TPSA) is 59.1 Å². The van der Waals surface area contributed by atoms with Crippen molar-refractivity contribution in [1.29, 1.82) is 0 Å². The standard InChI is InChI=1S/C23H14Cl3F3N2O2S2/c24-14-7-10-17(19(26)11-14)22-21(16-3-1-2-4-18(16)25)31-20(34-22)12-30-35(32,33)15-8-5-13(6-9-15)23(27,28)29/h1-11,30H,12H2. The Morgan fingerprint density at radius 1 is 0.886 bits per heavy atom. The first-order valence-corrected chi connectivity index (χ1v) is 13.3. The van der Waals surface area contributed by atoms with Gasteiger partial charge in [0.1, 0.15) is 5.01 Å². The molecule has 0 aliphatic carbocycles. The molecule has 35 heavy (non-hydrogen) atoms. The van der Waals surface area contributed by atoms with Crippen molar-refractivity contribution in [2.75, 3.05) is 0 Å². The zero-order valence-electron chi connectivity index (χ0n) is 17.4. The second-order valence-electron chi connectivity index (χ2n) is 7.24. The minimum Gasteiger partial charge on any atom is -0.239 e. The summed E-state index contributed by atoms with van der Waals surface area (Å²) in [6, 6.07) is 15.3. The van der Waals surface area contributed by atoms with E-state index in [1.165, 1.54) is 11.3 Å². The summed E-state index contributed by atoms with van der Waals surface area (Å²) in [6.07, 6.45) is -4.56. The van der Waals surface area contributed by atoms with Crippen molar-refractivity contribution in [1.82, 2.24) is 9.71 Å². The Balaban J connectivity index is 1.67. The van der Waals surface area contributed by atoms with Crippen LogP contribution in [0.2, 0.25) is 15.1 Å². The second kappa shape index (κ2) is 10.1. The Hall–Kier alpha value is -2.14. The summed E-state index contributed by atoms with van der Waals surface area (Å²) in [6.45, 7) is -0.198. The van der Waals surface area contributed by atoms with Crippen LogP contribution in [0.3, 0.4) is 0 Å². The quantitative estimate of drug-likeness (QED) is 0.253. The summed E-state index contributed by atoms with van der Waals surface area (Å²) in [5, 5.41) is 1.68. The minimum atomic E-state index is -4.56. The first kappa shape index (κ1) is 25.9. The van der Waals surface area contributed by atoms with E-state index in [1.807, 2.05) is 0 Å². The van der Waals surface area contributed by atoms with Crippen molar-refractivity contribution in [3.63, 3.8) is 0 Å². The van der Waals surface area contributed by atoms with Crippen molar-refractivity contribution >= 4 is 56.2 Å². The number of rotatable bonds is 6. The smallest absolute Gasteiger partial charge is 0.239 e. The number of hydrogen-bond donors (Lipinski definition) is 1. The highest BCUT2D eigenvalue weighted by molar-refractivity contribution is 7.89. The largest absolute Gasteiger partial charge is 0.416 e. The summed E-state index contributed by atoms with van der Waals surface area (Å²) < 4.78 is 66.1. The van der Waals surface area contributed by atoms with E-state index >= 15 is 0 Å². The van der Waals surface area contributed by atoms with Crippen LogP contribution in [0.1, 0.15) is 10.6 Å². The fourth-order valence-electron chi connectivity index (χ4n) is 3.20. The van der Waals surface area contributed by atoms with Crippen molar-refractivity contribution in [2.45, 2.75) is 17.6 Å². The predicted octanol–water partition coefficient (Wildman–Crippen LogP) is 7.93. The summed E-state index contributed by atoms with van der Waals surface area (Å²) in [5.41, 5.74) is 0.836. The van der Waals surface area contributed by atoms with E-state index in [9.17, 15) is 21.6 Å². The van der Waals surface area contributed by atoms with E-state index in [2.05, 4.69) is 9.71 Å². The molecule has 0 radical (unpaired) electrons. The molecule has 0 saturated carbocycles. The van der Waals surface area contributed by atoms with Gasteiger partial charge in [0.25, 0.3) is 0 Å². The maximum Gasteiger partial charge on any atom is 0.416 e. The van der Waals surface area contributed by atoms with Crippen LogP contribution >= 0.6 is 46.1 Å². The third kappa shape index (κ3) is 5.82. The highest BCUT2D eigenvalue weighted by Gasteiger charge is 2.30. The zero-order chi connectivity index (χ0) is 25.4. The molecule has 1 N–H and O–H groups in total. The number of thiazole rings is 1. The number of sulfonamides is 1. The van der Waals surface area contributed by atoms with Gasteiger partial charge in [-0.2, -0.15) is 13.2 Å². The number of benzene rings is 3. The van der Waals surface area contributed by atoms with Gasteiger partial charge in [-0.25, -0.2) is 18.1 Å². The molecule has 0 fully saturated rings. The second-order valence-corrected chi connectivity index (χ2v) is 11.3. The molecule has 4 rings (SSSR count). The van der Waals surface area contributed by atoms with Gasteiger partial charge >= 0.3 is 6.18 Å². The molecule has 4 aromatic rings. The van der Waals surface area contributed by atoms with E-state index in [4.69, 9.17) is 34.8 Å². The van der Waals surface area contributed by atoms with Gasteiger partial charge in [-0.1, -0.05) is 59.1 Å². The molecule has 0 aliphatic heterocycles. The average Bonchev–Trinajstić information content (AvgIpc) is 3.21. The molecule has 0 atom stereocenters. The van der Waals surface area contributed by atoms with Gasteiger partial charge in [-0.05, 0) is 42.5 Å². The monoisotopic (exact) mass is 576 g/mol. The molecule has 3 aromatic carbocycles. The van der Waals surface area contributed by atoms with Gasteiger partial charge in [0.2, 0.25) is 10.0 Å². The third-order valence-corrected chi connectivity index (χ3v) is 8.26. The summed E-state index contributed by atoms with van der Waals surface area (Å²) in [4.78, 5) is 4.95. The normalized spacial score (nSPS) is 12.2. The first-order chi connectivity index (χ1) is 16.5. The number of nitrogens with one attached hydrogen (secondary N) is 1. The molecular formula is C23H14Cl3F3N2O2S2. The first-order valence-electron chi connectivity index (χ1n) is 9.82. The van der Waals surface area contributed by atoms with E-state index < -0.39 is 21.8 Å². The van der Waals surface area contributed by atoms with Crippen LogP contribution in [0.25, 0.3) is 21.7 Å². The Kier molecular flexibility index (Phi) is 7.47. The Morgan fingerprint density at radius 3 is 2.20 bits per heavy atom. The van der Waals surface area contributed by atoms with Crippen LogP contribution in [-0.4, -0.2) is 13.4 Å². The van der Waals surface area contributed by atoms with Gasteiger partial charge in [-0.15, -0.1) is 11.3 Å². The van der Waals surface area contributed by atoms with Crippen LogP contribution in [0.5, 0.6) is 0 Å². The fourth-order valence-corrected chi connectivity index (χ4v) is 6.12. The molecular weight excluding hydrogens is 564 g/mol. The van der Waals surface area contributed by atoms with E-state index in [1.54, 1.807) is 42.5 Å². The lowest BCUT2D eigenvalue weighted by Crippen LogP contribution is -2.23. The molecule has 0 spiro atoms. The molecule has 182 valence electrons. The molecule has 1 heterocycles. The fraction of sp³-hybridized carbons (Fsp3) is 0.0870. The number of nitrogens with zero attached hydrogens (tertiary/aromatic N) is 1. The van der Waals surface area contributed by atoms with Crippen LogP contribution in [0.15, 0.2) is 71.6 Å². The van der Waals surface area contributed by atoms with Crippen LogP contribution in [0.4, 0.5) is 13.2 Å². The lowest BCUT2D eigenvalue weighted by molar-refractivity contribution is -0.137. The summed E-state index contributed by atoms with van der Waals surface area (Å²) >= 11 is 20.0. The Bertz CT molecular complexity index is 1490. The molecule has 0 unspecified atom stereocenters. The van der Waals surface area contributed by atoms with E-state index in [0.717, 1.165) is 12.1 Å². The van der Waals surface area contributed by atoms with Crippen molar-refractivity contribution in [3.8, 4) is 21.7 Å². The highest BCUT2D eigenvalue weighted by Crippen LogP contribution is 2.42. The highest BCUT2D eigenvalue weighted by atomic mass is 35.5. The van der Waals surface area contributed by atoms with E-state index in [0.29, 0.717) is 53.9 Å². The molecule has 4 nitrogen and oxygen atoms in total. The van der Waals surface area contributed by atoms with Gasteiger partial charge < -0.3 is 0 Å². The SMILES string of the molecule is O=S(=O)(NCc1nc(-c2ccccc2Cl)c(-c2ccc(Cl)cc2Cl)s1)c1ccc(C(F)(F)F)cc1. The lowest BCUT2D eigenvalue weighted by atomic mass is 10.1. The van der Waals surface area contributed by atoms with Crippen molar-refractivity contribution in [3.05, 3.63) is 92.4 Å². The van der Waals surface area contributed by atoms with Gasteiger partial charge in [0, 0.05) is 16.1 Å². The van der Waals surface area contributed by atoms with Gasteiger partial charge in [0.05, 0.1) is 37.6 Å². The third-order valence-electron chi connectivity index (χ3n) is 4.88. The number of alkyl halides is 3. The van der Waals surface area contributed by atoms with Crippen molar-refractivity contribution in [2.24, 2.45) is 0 Å². The Labute approximate surface area is 218 Å². The zero-order valence-corrected chi connectivity index (χ0v) is 21.3. The number of aromatic nitrogens is 1. The molecule has 1 aromatic heterocycles. The lowest BCUT2D eigenvalue weighted by Gasteiger charge is -2.08. The van der Waals surface area contributed by atoms with Crippen LogP contribution in [-0.2, 0) is 22.7 Å². The van der Waals surface area contributed by atoms with Gasteiger partial charge in [-0.3, -0.25) is 0 Å². The number of hydrogen-bond acceptors (Lipinski definition) is 4. The Morgan fingerprint density at radius 2 is 1.57 bits per heavy atom. The van der Waals surface area contributed by atoms with Crippen LogP contribution < -0.4 is 4.72 Å². The number of halogens is 6. The molecule has 0 amide bonds. The molecule has 12 heteroatoms. The summed E-state index contributed by atoms with van der Waals surface area (Å²) in [5.74, 6) is 0.